The Morgan fingerprint density at radius 3 is 2.65 bits per heavy atom. The Hall–Kier alpha value is -3.39. The van der Waals surface area contributed by atoms with Gasteiger partial charge in [0.1, 0.15) is 11.5 Å². The van der Waals surface area contributed by atoms with E-state index >= 15 is 0 Å². The van der Waals surface area contributed by atoms with Gasteiger partial charge in [-0.15, -0.1) is 0 Å². The lowest BCUT2D eigenvalue weighted by atomic mass is 10.0. The van der Waals surface area contributed by atoms with Gasteiger partial charge in [0.25, 0.3) is 11.5 Å². The van der Waals surface area contributed by atoms with Gasteiger partial charge >= 0.3 is 0 Å². The van der Waals surface area contributed by atoms with Gasteiger partial charge in [0.2, 0.25) is 0 Å². The summed E-state index contributed by atoms with van der Waals surface area (Å²) < 4.78 is 12.3. The van der Waals surface area contributed by atoms with Crippen LogP contribution in [0.5, 0.6) is 11.5 Å². The van der Waals surface area contributed by atoms with E-state index in [1.165, 1.54) is 4.68 Å². The summed E-state index contributed by atoms with van der Waals surface area (Å²) in [5.74, 6) is 1.16. The normalized spacial score (nSPS) is 16.4. The van der Waals surface area contributed by atoms with Crippen LogP contribution in [0.2, 0.25) is 0 Å². The highest BCUT2D eigenvalue weighted by atomic mass is 16.5. The van der Waals surface area contributed by atoms with Crippen molar-refractivity contribution in [1.82, 2.24) is 20.0 Å². The number of hydrogen-bond donors (Lipinski definition) is 1. The van der Waals surface area contributed by atoms with Crippen molar-refractivity contribution < 1.29 is 14.3 Å². The minimum atomic E-state index is -0.320. The highest BCUT2D eigenvalue weighted by Gasteiger charge is 2.29. The van der Waals surface area contributed by atoms with Crippen molar-refractivity contribution in [3.63, 3.8) is 0 Å². The lowest BCUT2D eigenvalue weighted by Gasteiger charge is -2.26. The summed E-state index contributed by atoms with van der Waals surface area (Å²) in [6, 6.07) is 12.9. The van der Waals surface area contributed by atoms with Crippen LogP contribution in [0.1, 0.15) is 34.9 Å². The fourth-order valence-electron chi connectivity index (χ4n) is 4.23. The van der Waals surface area contributed by atoms with Gasteiger partial charge in [0.05, 0.1) is 26.3 Å². The van der Waals surface area contributed by atoms with E-state index in [2.05, 4.69) is 15.3 Å². The van der Waals surface area contributed by atoms with E-state index in [1.54, 1.807) is 45.5 Å². The molecule has 0 radical (unpaired) electrons. The van der Waals surface area contributed by atoms with E-state index in [-0.39, 0.29) is 29.9 Å². The lowest BCUT2D eigenvalue weighted by Crippen LogP contribution is -2.36. The molecule has 1 atom stereocenters. The molecule has 1 saturated heterocycles. The van der Waals surface area contributed by atoms with Crippen LogP contribution in [-0.2, 0) is 6.67 Å². The Bertz CT molecular complexity index is 1170. The third kappa shape index (κ3) is 3.86. The van der Waals surface area contributed by atoms with E-state index in [0.29, 0.717) is 10.8 Å². The second-order valence-electron chi connectivity index (χ2n) is 7.50. The van der Waals surface area contributed by atoms with Crippen LogP contribution in [0, 0.1) is 0 Å². The van der Waals surface area contributed by atoms with Gasteiger partial charge in [0, 0.05) is 36.7 Å². The summed E-state index contributed by atoms with van der Waals surface area (Å²) in [5, 5.41) is 8.08. The van der Waals surface area contributed by atoms with Crippen LogP contribution in [0.25, 0.3) is 10.8 Å². The molecule has 3 aromatic rings. The molecule has 8 heteroatoms. The van der Waals surface area contributed by atoms with Crippen molar-refractivity contribution in [2.24, 2.45) is 0 Å². The molecule has 1 aliphatic heterocycles. The third-order valence-electron chi connectivity index (χ3n) is 5.79. The zero-order chi connectivity index (χ0) is 22.0. The number of benzene rings is 2. The van der Waals surface area contributed by atoms with Crippen LogP contribution in [0.3, 0.4) is 0 Å². The van der Waals surface area contributed by atoms with Gasteiger partial charge in [0.15, 0.2) is 5.69 Å². The second-order valence-corrected chi connectivity index (χ2v) is 7.50. The van der Waals surface area contributed by atoms with Gasteiger partial charge in [-0.05, 0) is 25.0 Å². The molecule has 1 aromatic heterocycles. The van der Waals surface area contributed by atoms with Crippen LogP contribution >= 0.6 is 0 Å². The van der Waals surface area contributed by atoms with Gasteiger partial charge in [-0.2, -0.15) is 5.10 Å². The molecule has 0 unspecified atom stereocenters. The molecular formula is C23H26N4O4. The van der Waals surface area contributed by atoms with Crippen molar-refractivity contribution in [3.8, 4) is 11.5 Å². The van der Waals surface area contributed by atoms with Gasteiger partial charge in [-0.1, -0.05) is 24.3 Å². The first-order valence-corrected chi connectivity index (χ1v) is 10.2. The van der Waals surface area contributed by atoms with Crippen molar-refractivity contribution in [1.29, 1.82) is 0 Å². The predicted octanol–water partition coefficient (Wildman–Crippen LogP) is 2.57. The zero-order valence-electron chi connectivity index (χ0n) is 17.9. The van der Waals surface area contributed by atoms with E-state index in [4.69, 9.17) is 9.47 Å². The molecule has 1 aliphatic rings. The molecule has 0 saturated carbocycles. The van der Waals surface area contributed by atoms with Gasteiger partial charge < -0.3 is 14.8 Å². The first-order valence-electron chi connectivity index (χ1n) is 10.2. The number of methoxy groups -OCH3 is 2. The molecule has 0 aliphatic carbocycles. The van der Waals surface area contributed by atoms with Crippen molar-refractivity contribution in [2.75, 3.05) is 27.8 Å². The zero-order valence-corrected chi connectivity index (χ0v) is 17.9. The first kappa shape index (κ1) is 20.9. The maximum absolute atomic E-state index is 13.1. The molecule has 1 N–H and O–H groups in total. The van der Waals surface area contributed by atoms with Crippen LogP contribution in [-0.4, -0.2) is 48.4 Å². The Morgan fingerprint density at radius 1 is 1.16 bits per heavy atom. The number of carbonyl (C=O) groups excluding carboxylic acids is 1. The maximum atomic E-state index is 13.1. The molecular weight excluding hydrogens is 396 g/mol. The van der Waals surface area contributed by atoms with Crippen LogP contribution < -0.4 is 20.3 Å². The van der Waals surface area contributed by atoms with Crippen LogP contribution in [0.4, 0.5) is 0 Å². The Morgan fingerprint density at radius 2 is 1.94 bits per heavy atom. The minimum absolute atomic E-state index is 0.0736. The Balaban J connectivity index is 1.73. The standard InChI is InChI=1S/C23H26N4O4/c1-24-22(28)21-16-7-4-5-8-17(16)23(29)27(25-21)14-26-12-6-9-19(26)18-11-10-15(30-2)13-20(18)31-3/h4-5,7-8,10-11,13,19H,6,9,12,14H2,1-3H3,(H,24,28)/t19-/m0/s1. The highest BCUT2D eigenvalue weighted by Crippen LogP contribution is 2.38. The fourth-order valence-corrected chi connectivity index (χ4v) is 4.23. The summed E-state index contributed by atoms with van der Waals surface area (Å²) in [6.45, 7) is 1.10. The average molecular weight is 422 g/mol. The molecule has 8 nitrogen and oxygen atoms in total. The van der Waals surface area contributed by atoms with Crippen LogP contribution in [0.15, 0.2) is 47.3 Å². The predicted molar refractivity (Wildman–Crippen MR) is 118 cm³/mol. The molecule has 162 valence electrons. The number of nitrogens with one attached hydrogen (secondary N) is 1. The number of fused-ring (bicyclic) bond motifs is 1. The van der Waals surface area contributed by atoms with E-state index in [9.17, 15) is 9.59 Å². The second kappa shape index (κ2) is 8.77. The van der Waals surface area contributed by atoms with Crippen molar-refractivity contribution in [3.05, 3.63) is 64.1 Å². The number of rotatable bonds is 6. The smallest absolute Gasteiger partial charge is 0.275 e. The van der Waals surface area contributed by atoms with Crippen molar-refractivity contribution in [2.45, 2.75) is 25.6 Å². The fraction of sp³-hybridized carbons (Fsp3) is 0.348. The molecule has 31 heavy (non-hydrogen) atoms. The summed E-state index contributed by atoms with van der Waals surface area (Å²) in [5.41, 5.74) is 1.08. The molecule has 2 aromatic carbocycles. The molecule has 1 amide bonds. The molecule has 2 heterocycles. The number of nitrogens with zero attached hydrogens (tertiary/aromatic N) is 3. The van der Waals surface area contributed by atoms with E-state index in [1.807, 2.05) is 18.2 Å². The number of amides is 1. The lowest BCUT2D eigenvalue weighted by molar-refractivity contribution is 0.0955. The molecule has 0 bridgehead atoms. The molecule has 4 rings (SSSR count). The molecule has 0 spiro atoms. The third-order valence-corrected chi connectivity index (χ3v) is 5.79. The minimum Gasteiger partial charge on any atom is -0.497 e. The maximum Gasteiger partial charge on any atom is 0.275 e. The Kier molecular flexibility index (Phi) is 5.90. The summed E-state index contributed by atoms with van der Waals surface area (Å²) in [4.78, 5) is 27.8. The van der Waals surface area contributed by atoms with Gasteiger partial charge in [-0.25, -0.2) is 4.68 Å². The van der Waals surface area contributed by atoms with E-state index < -0.39 is 0 Å². The average Bonchev–Trinajstić information content (AvgIpc) is 3.27. The number of hydrogen-bond acceptors (Lipinski definition) is 6. The largest absolute Gasteiger partial charge is 0.497 e. The SMILES string of the molecule is CNC(=O)c1nn(CN2CCC[C@H]2c2ccc(OC)cc2OC)c(=O)c2ccccc12. The van der Waals surface area contributed by atoms with E-state index in [0.717, 1.165) is 36.4 Å². The topological polar surface area (TPSA) is 85.7 Å². The number of aromatic nitrogens is 2. The molecule has 1 fully saturated rings. The monoisotopic (exact) mass is 422 g/mol. The highest BCUT2D eigenvalue weighted by molar-refractivity contribution is 6.04. The number of likely N-dealkylation sites (tertiary alicyclic amines) is 1. The number of carbonyl (C=O) groups is 1. The first-order chi connectivity index (χ1) is 15.1. The quantitative estimate of drug-likeness (QED) is 0.657. The summed E-state index contributed by atoms with van der Waals surface area (Å²) in [7, 11) is 4.82. The Labute approximate surface area is 180 Å². The summed E-state index contributed by atoms with van der Waals surface area (Å²) >= 11 is 0. The van der Waals surface area contributed by atoms with Crippen molar-refractivity contribution >= 4 is 16.7 Å². The number of ether oxygens (including phenoxy) is 2. The summed E-state index contributed by atoms with van der Waals surface area (Å²) in [6.07, 6.45) is 1.93. The van der Waals surface area contributed by atoms with Gasteiger partial charge in [-0.3, -0.25) is 14.5 Å².